The van der Waals surface area contributed by atoms with E-state index in [0.717, 1.165) is 21.3 Å². The molecule has 5 heteroatoms. The van der Waals surface area contributed by atoms with Gasteiger partial charge in [-0.25, -0.2) is 0 Å². The summed E-state index contributed by atoms with van der Waals surface area (Å²) in [6.45, 7) is 9.37. The Labute approximate surface area is 134 Å². The molecule has 1 aliphatic heterocycles. The summed E-state index contributed by atoms with van der Waals surface area (Å²) in [6.07, 6.45) is 0.577. The van der Waals surface area contributed by atoms with Crippen molar-refractivity contribution in [2.45, 2.75) is 52.6 Å². The first-order valence-electron chi connectivity index (χ1n) is 7.11. The second kappa shape index (κ2) is 5.44. The van der Waals surface area contributed by atoms with E-state index < -0.39 is 11.6 Å². The maximum Gasteiger partial charge on any atom is 0.252 e. The van der Waals surface area contributed by atoms with Gasteiger partial charge in [-0.3, -0.25) is 14.5 Å². The molecule has 1 N–H and O–H groups in total. The van der Waals surface area contributed by atoms with Crippen LogP contribution in [0.5, 0.6) is 0 Å². The van der Waals surface area contributed by atoms with Crippen molar-refractivity contribution in [2.24, 2.45) is 0 Å². The van der Waals surface area contributed by atoms with Crippen molar-refractivity contribution in [3.05, 3.63) is 27.7 Å². The number of benzene rings is 1. The van der Waals surface area contributed by atoms with Gasteiger partial charge in [0.15, 0.2) is 0 Å². The topological polar surface area (TPSA) is 49.4 Å². The van der Waals surface area contributed by atoms with E-state index in [1.807, 2.05) is 32.9 Å². The largest absolute Gasteiger partial charge is 0.340 e. The minimum Gasteiger partial charge on any atom is -0.340 e. The number of rotatable bonds is 2. The smallest absolute Gasteiger partial charge is 0.252 e. The summed E-state index contributed by atoms with van der Waals surface area (Å²) < 4.78 is 0.845. The van der Waals surface area contributed by atoms with Gasteiger partial charge in [0, 0.05) is 4.47 Å². The van der Waals surface area contributed by atoms with Crippen LogP contribution in [0.15, 0.2) is 16.6 Å². The molecule has 1 aliphatic rings. The lowest BCUT2D eigenvalue weighted by Gasteiger charge is -2.43. The van der Waals surface area contributed by atoms with Crippen LogP contribution in [0.2, 0.25) is 0 Å². The number of hydrogen-bond donors (Lipinski definition) is 1. The van der Waals surface area contributed by atoms with Crippen molar-refractivity contribution < 1.29 is 9.59 Å². The van der Waals surface area contributed by atoms with Gasteiger partial charge in [-0.1, -0.05) is 13.0 Å². The predicted molar refractivity (Wildman–Crippen MR) is 87.4 cm³/mol. The molecule has 0 radical (unpaired) electrons. The van der Waals surface area contributed by atoms with Crippen LogP contribution in [-0.4, -0.2) is 23.4 Å². The standard InChI is InChI=1S/C16H21BrN2O2/c1-6-12-14(20)18-16(4,5)15(21)19(12)13-10(3)7-9(2)8-11(13)17/h7-8,12H,6H2,1-5H3,(H,18,20). The summed E-state index contributed by atoms with van der Waals surface area (Å²) in [7, 11) is 0. The van der Waals surface area contributed by atoms with Gasteiger partial charge < -0.3 is 5.32 Å². The van der Waals surface area contributed by atoms with Crippen LogP contribution in [0.25, 0.3) is 0 Å². The number of anilines is 1. The van der Waals surface area contributed by atoms with E-state index in [0.29, 0.717) is 6.42 Å². The molecular weight excluding hydrogens is 332 g/mol. The molecule has 114 valence electrons. The predicted octanol–water partition coefficient (Wildman–Crippen LogP) is 3.09. The molecular formula is C16H21BrN2O2. The van der Waals surface area contributed by atoms with Gasteiger partial charge in [-0.15, -0.1) is 0 Å². The third-order valence-corrected chi connectivity index (χ3v) is 4.43. The molecule has 1 saturated heterocycles. The lowest BCUT2D eigenvalue weighted by Crippen LogP contribution is -2.68. The van der Waals surface area contributed by atoms with Gasteiger partial charge in [0.1, 0.15) is 11.6 Å². The zero-order valence-corrected chi connectivity index (χ0v) is 14.7. The van der Waals surface area contributed by atoms with Gasteiger partial charge in [-0.05, 0) is 67.2 Å². The number of nitrogens with one attached hydrogen (secondary N) is 1. The van der Waals surface area contributed by atoms with Crippen LogP contribution in [-0.2, 0) is 9.59 Å². The van der Waals surface area contributed by atoms with Gasteiger partial charge in [0.25, 0.3) is 5.91 Å². The lowest BCUT2D eigenvalue weighted by molar-refractivity contribution is -0.137. The number of piperazine rings is 1. The van der Waals surface area contributed by atoms with Crippen LogP contribution >= 0.6 is 15.9 Å². The highest BCUT2D eigenvalue weighted by atomic mass is 79.9. The Morgan fingerprint density at radius 2 is 1.90 bits per heavy atom. The van der Waals surface area contributed by atoms with Gasteiger partial charge in [0.2, 0.25) is 5.91 Å². The number of aryl methyl sites for hydroxylation is 2. The first kappa shape index (κ1) is 16.0. The number of hydrogen-bond acceptors (Lipinski definition) is 2. The number of nitrogens with zero attached hydrogens (tertiary/aromatic N) is 1. The van der Waals surface area contributed by atoms with Crippen LogP contribution in [0.4, 0.5) is 5.69 Å². The van der Waals surface area contributed by atoms with E-state index in [9.17, 15) is 9.59 Å². The quantitative estimate of drug-likeness (QED) is 0.888. The van der Waals surface area contributed by atoms with Crippen molar-refractivity contribution in [1.29, 1.82) is 0 Å². The molecule has 1 atom stereocenters. The van der Waals surface area contributed by atoms with Crippen molar-refractivity contribution in [2.75, 3.05) is 4.90 Å². The van der Waals surface area contributed by atoms with Crippen LogP contribution in [0, 0.1) is 13.8 Å². The first-order chi connectivity index (χ1) is 9.69. The molecule has 2 amide bonds. The van der Waals surface area contributed by atoms with E-state index in [1.54, 1.807) is 18.7 Å². The summed E-state index contributed by atoms with van der Waals surface area (Å²) >= 11 is 3.55. The van der Waals surface area contributed by atoms with Crippen LogP contribution in [0.3, 0.4) is 0 Å². The normalized spacial score (nSPS) is 21.4. The zero-order chi connectivity index (χ0) is 15.9. The Kier molecular flexibility index (Phi) is 4.15. The Hall–Kier alpha value is -1.36. The Morgan fingerprint density at radius 3 is 2.43 bits per heavy atom. The zero-order valence-electron chi connectivity index (χ0n) is 13.1. The van der Waals surface area contributed by atoms with E-state index in [1.165, 1.54) is 0 Å². The molecule has 0 aliphatic carbocycles. The minimum atomic E-state index is -0.889. The maximum absolute atomic E-state index is 12.8. The molecule has 0 aromatic heterocycles. The summed E-state index contributed by atoms with van der Waals surface area (Å²) in [6, 6.07) is 3.53. The van der Waals surface area contributed by atoms with Crippen molar-refractivity contribution in [1.82, 2.24) is 5.32 Å². The second-order valence-electron chi connectivity index (χ2n) is 6.13. The van der Waals surface area contributed by atoms with Gasteiger partial charge >= 0.3 is 0 Å². The minimum absolute atomic E-state index is 0.0818. The molecule has 0 bridgehead atoms. The van der Waals surface area contributed by atoms with Crippen molar-refractivity contribution in [3.63, 3.8) is 0 Å². The van der Waals surface area contributed by atoms with E-state index >= 15 is 0 Å². The Morgan fingerprint density at radius 1 is 1.29 bits per heavy atom. The SMILES string of the molecule is CCC1C(=O)NC(C)(C)C(=O)N1c1c(C)cc(C)cc1Br. The Bertz CT molecular complexity index is 587. The third kappa shape index (κ3) is 2.71. The fourth-order valence-corrected chi connectivity index (χ4v) is 3.71. The molecule has 1 aromatic carbocycles. The molecule has 1 heterocycles. The number of halogens is 1. The number of amides is 2. The van der Waals surface area contributed by atoms with Crippen LogP contribution in [0.1, 0.15) is 38.3 Å². The molecule has 1 fully saturated rings. The highest BCUT2D eigenvalue weighted by Gasteiger charge is 2.46. The lowest BCUT2D eigenvalue weighted by atomic mass is 9.94. The number of carbonyl (C=O) groups excluding carboxylic acids is 2. The summed E-state index contributed by atoms with van der Waals surface area (Å²) in [5, 5.41) is 2.81. The van der Waals surface area contributed by atoms with E-state index in [4.69, 9.17) is 0 Å². The molecule has 0 spiro atoms. The average molecular weight is 353 g/mol. The average Bonchev–Trinajstić information content (AvgIpc) is 2.33. The molecule has 2 rings (SSSR count). The van der Waals surface area contributed by atoms with Crippen molar-refractivity contribution >= 4 is 33.4 Å². The molecule has 4 nitrogen and oxygen atoms in total. The third-order valence-electron chi connectivity index (χ3n) is 3.83. The maximum atomic E-state index is 12.8. The fraction of sp³-hybridized carbons (Fsp3) is 0.500. The molecule has 1 aromatic rings. The van der Waals surface area contributed by atoms with Crippen molar-refractivity contribution in [3.8, 4) is 0 Å². The van der Waals surface area contributed by atoms with E-state index in [2.05, 4.69) is 21.2 Å². The fourth-order valence-electron chi connectivity index (χ4n) is 2.84. The summed E-state index contributed by atoms with van der Waals surface area (Å²) in [4.78, 5) is 26.8. The van der Waals surface area contributed by atoms with Gasteiger partial charge in [-0.2, -0.15) is 0 Å². The summed E-state index contributed by atoms with van der Waals surface area (Å²) in [5.74, 6) is -0.185. The highest BCUT2D eigenvalue weighted by molar-refractivity contribution is 9.10. The van der Waals surface area contributed by atoms with E-state index in [-0.39, 0.29) is 11.8 Å². The summed E-state index contributed by atoms with van der Waals surface area (Å²) in [5.41, 5.74) is 2.00. The molecule has 1 unspecified atom stereocenters. The van der Waals surface area contributed by atoms with Crippen LogP contribution < -0.4 is 10.2 Å². The highest BCUT2D eigenvalue weighted by Crippen LogP contribution is 2.36. The van der Waals surface area contributed by atoms with Gasteiger partial charge in [0.05, 0.1) is 5.69 Å². The first-order valence-corrected chi connectivity index (χ1v) is 7.90. The molecule has 0 saturated carbocycles. The Balaban J connectivity index is 2.63. The molecule has 21 heavy (non-hydrogen) atoms. The second-order valence-corrected chi connectivity index (χ2v) is 6.98. The number of carbonyl (C=O) groups is 2. The monoisotopic (exact) mass is 352 g/mol.